The minimum absolute atomic E-state index is 0.0303. The number of hydrogen-bond acceptors (Lipinski definition) is 4. The molecule has 2 aromatic carbocycles. The molecular formula is C16H17BF2O4. The van der Waals surface area contributed by atoms with E-state index in [4.69, 9.17) is 18.8 Å². The summed E-state index contributed by atoms with van der Waals surface area (Å²) >= 11 is 0. The molecular weight excluding hydrogens is 305 g/mol. The summed E-state index contributed by atoms with van der Waals surface area (Å²) in [4.78, 5) is 0. The summed E-state index contributed by atoms with van der Waals surface area (Å²) in [7, 11) is -0.348. The molecule has 0 bridgehead atoms. The number of ether oxygens (including phenoxy) is 2. The van der Waals surface area contributed by atoms with E-state index in [2.05, 4.69) is 0 Å². The van der Waals surface area contributed by atoms with E-state index in [9.17, 15) is 8.78 Å². The zero-order valence-corrected chi connectivity index (χ0v) is 13.0. The van der Waals surface area contributed by atoms with Crippen molar-refractivity contribution >= 4 is 7.69 Å². The summed E-state index contributed by atoms with van der Waals surface area (Å²) in [6.45, 7) is 4.55. The van der Waals surface area contributed by atoms with Crippen LogP contribution in [0.15, 0.2) is 36.4 Å². The fraction of sp³-hybridized carbons (Fsp3) is 0.250. The van der Waals surface area contributed by atoms with Gasteiger partial charge in [-0.1, -0.05) is 0 Å². The lowest BCUT2D eigenvalue weighted by molar-refractivity contribution is 0.335. The maximum absolute atomic E-state index is 13.6. The highest BCUT2D eigenvalue weighted by Crippen LogP contribution is 2.25. The van der Waals surface area contributed by atoms with Crippen LogP contribution in [0, 0.1) is 11.6 Å². The molecule has 0 atom stereocenters. The van der Waals surface area contributed by atoms with Gasteiger partial charge in [0, 0.05) is 12.1 Å². The molecule has 0 unspecified atom stereocenters. The summed E-state index contributed by atoms with van der Waals surface area (Å²) in [5.74, 6) is -0.210. The Morgan fingerprint density at radius 2 is 1.22 bits per heavy atom. The van der Waals surface area contributed by atoms with E-state index in [0.29, 0.717) is 24.7 Å². The number of rotatable bonds is 8. The quantitative estimate of drug-likeness (QED) is 0.697. The number of hydrogen-bond donors (Lipinski definition) is 0. The van der Waals surface area contributed by atoms with Crippen molar-refractivity contribution < 1.29 is 27.6 Å². The van der Waals surface area contributed by atoms with E-state index in [1.807, 2.05) is 13.8 Å². The van der Waals surface area contributed by atoms with Gasteiger partial charge < -0.3 is 18.8 Å². The smallest absolute Gasteiger partial charge is 0.526 e. The van der Waals surface area contributed by atoms with Crippen molar-refractivity contribution in [2.75, 3.05) is 13.2 Å². The van der Waals surface area contributed by atoms with Crippen LogP contribution in [-0.4, -0.2) is 20.9 Å². The van der Waals surface area contributed by atoms with Gasteiger partial charge in [0.2, 0.25) is 0 Å². The predicted octanol–water partition coefficient (Wildman–Crippen LogP) is 3.49. The highest BCUT2D eigenvalue weighted by Gasteiger charge is 2.10. The van der Waals surface area contributed by atoms with Gasteiger partial charge in [0.25, 0.3) is 0 Å². The van der Waals surface area contributed by atoms with Crippen molar-refractivity contribution in [2.24, 2.45) is 0 Å². The van der Waals surface area contributed by atoms with E-state index in [-0.39, 0.29) is 19.2 Å². The summed E-state index contributed by atoms with van der Waals surface area (Å²) in [5.41, 5.74) is 0. The molecule has 122 valence electrons. The Labute approximate surface area is 134 Å². The van der Waals surface area contributed by atoms with E-state index in [1.54, 1.807) is 0 Å². The Balaban J connectivity index is 1.99. The Hall–Kier alpha value is -2.44. The molecule has 0 aliphatic heterocycles. The summed E-state index contributed by atoms with van der Waals surface area (Å²) in [5, 5.41) is 0. The van der Waals surface area contributed by atoms with Crippen LogP contribution in [0.3, 0.4) is 0 Å². The molecule has 23 heavy (non-hydrogen) atoms. The predicted molar refractivity (Wildman–Crippen MR) is 83.5 cm³/mol. The topological polar surface area (TPSA) is 36.9 Å². The van der Waals surface area contributed by atoms with Gasteiger partial charge in [-0.2, -0.15) is 0 Å². The minimum atomic E-state index is -0.555. The van der Waals surface area contributed by atoms with Crippen molar-refractivity contribution in [1.82, 2.24) is 0 Å². The van der Waals surface area contributed by atoms with Gasteiger partial charge >= 0.3 is 7.69 Å². The molecule has 0 heterocycles. The minimum Gasteiger partial charge on any atom is -0.526 e. The third-order valence-electron chi connectivity index (χ3n) is 2.86. The monoisotopic (exact) mass is 322 g/mol. The first-order chi connectivity index (χ1) is 11.1. The molecule has 7 heteroatoms. The molecule has 2 rings (SSSR count). The van der Waals surface area contributed by atoms with Crippen LogP contribution in [0.25, 0.3) is 0 Å². The fourth-order valence-electron chi connectivity index (χ4n) is 1.86. The van der Waals surface area contributed by atoms with Gasteiger partial charge in [-0.15, -0.1) is 0 Å². The maximum Gasteiger partial charge on any atom is 0.576 e. The van der Waals surface area contributed by atoms with Crippen LogP contribution in [0.4, 0.5) is 8.78 Å². The second kappa shape index (κ2) is 8.26. The van der Waals surface area contributed by atoms with Crippen molar-refractivity contribution in [2.45, 2.75) is 13.8 Å². The van der Waals surface area contributed by atoms with Crippen LogP contribution in [0.1, 0.15) is 13.8 Å². The third kappa shape index (κ3) is 4.77. The highest BCUT2D eigenvalue weighted by molar-refractivity contribution is 6.20. The number of benzene rings is 2. The highest BCUT2D eigenvalue weighted by atomic mass is 19.1. The molecule has 4 nitrogen and oxygen atoms in total. The van der Waals surface area contributed by atoms with E-state index < -0.39 is 11.6 Å². The van der Waals surface area contributed by atoms with Gasteiger partial charge in [0.15, 0.2) is 11.6 Å². The van der Waals surface area contributed by atoms with Crippen molar-refractivity contribution in [3.8, 4) is 23.0 Å². The van der Waals surface area contributed by atoms with Crippen LogP contribution in [-0.2, 0) is 0 Å². The molecule has 0 aliphatic carbocycles. The average molecular weight is 322 g/mol. The molecule has 0 N–H and O–H groups in total. The average Bonchev–Trinajstić information content (AvgIpc) is 2.54. The van der Waals surface area contributed by atoms with E-state index >= 15 is 0 Å². The molecule has 0 radical (unpaired) electrons. The van der Waals surface area contributed by atoms with Crippen LogP contribution in [0.2, 0.25) is 0 Å². The van der Waals surface area contributed by atoms with Gasteiger partial charge in [0.05, 0.1) is 13.2 Å². The summed E-state index contributed by atoms with van der Waals surface area (Å²) in [6.07, 6.45) is 0. The molecule has 0 saturated carbocycles. The molecule has 0 amide bonds. The SMILES string of the molecule is CCOc1ccc(F)c(OBOc2cc(OCC)ccc2F)c1. The first kappa shape index (κ1) is 16.9. The zero-order chi connectivity index (χ0) is 16.7. The van der Waals surface area contributed by atoms with Gasteiger partial charge in [-0.3, -0.25) is 0 Å². The second-order valence-corrected chi connectivity index (χ2v) is 4.46. The Morgan fingerprint density at radius 1 is 0.783 bits per heavy atom. The van der Waals surface area contributed by atoms with Crippen molar-refractivity contribution in [3.63, 3.8) is 0 Å². The zero-order valence-electron chi connectivity index (χ0n) is 13.0. The molecule has 0 aliphatic rings. The standard InChI is InChI=1S/C16H17BF2O4/c1-3-20-11-5-7-13(18)15(9-11)22-17-23-16-10-12(21-4-2)6-8-14(16)19/h5-10,17H,3-4H2,1-2H3. The molecule has 0 saturated heterocycles. The normalized spacial score (nSPS) is 10.1. The van der Waals surface area contributed by atoms with E-state index in [0.717, 1.165) is 0 Å². The number of halogens is 2. The van der Waals surface area contributed by atoms with Gasteiger partial charge in [0.1, 0.15) is 23.0 Å². The van der Waals surface area contributed by atoms with E-state index in [1.165, 1.54) is 36.4 Å². The lowest BCUT2D eigenvalue weighted by Gasteiger charge is -2.11. The molecule has 0 aromatic heterocycles. The molecule has 2 aromatic rings. The van der Waals surface area contributed by atoms with Gasteiger partial charge in [-0.25, -0.2) is 8.78 Å². The summed E-state index contributed by atoms with van der Waals surface area (Å²) < 4.78 is 48.2. The van der Waals surface area contributed by atoms with Crippen molar-refractivity contribution in [1.29, 1.82) is 0 Å². The van der Waals surface area contributed by atoms with Gasteiger partial charge in [-0.05, 0) is 38.1 Å². The lowest BCUT2D eigenvalue weighted by atomic mass is 10.2. The first-order valence-corrected chi connectivity index (χ1v) is 7.24. The Bertz CT molecular complexity index is 596. The lowest BCUT2D eigenvalue weighted by Crippen LogP contribution is -2.13. The maximum atomic E-state index is 13.6. The fourth-order valence-corrected chi connectivity index (χ4v) is 1.86. The van der Waals surface area contributed by atoms with Crippen LogP contribution < -0.4 is 18.8 Å². The largest absolute Gasteiger partial charge is 0.576 e. The molecule has 0 spiro atoms. The Kier molecular flexibility index (Phi) is 6.08. The second-order valence-electron chi connectivity index (χ2n) is 4.46. The Morgan fingerprint density at radius 3 is 1.61 bits per heavy atom. The van der Waals surface area contributed by atoms with Crippen molar-refractivity contribution in [3.05, 3.63) is 48.0 Å². The third-order valence-corrected chi connectivity index (χ3v) is 2.86. The summed E-state index contributed by atoms with van der Waals surface area (Å²) in [6, 6.07) is 8.28. The molecule has 0 fully saturated rings. The van der Waals surface area contributed by atoms with Crippen LogP contribution in [0.5, 0.6) is 23.0 Å². The van der Waals surface area contributed by atoms with Crippen LogP contribution >= 0.6 is 0 Å². The first-order valence-electron chi connectivity index (χ1n) is 7.24.